The Morgan fingerprint density at radius 1 is 1.53 bits per heavy atom. The Hall–Kier alpha value is -1.42. The molecule has 1 heterocycles. The van der Waals surface area contributed by atoms with Crippen molar-refractivity contribution in [1.29, 1.82) is 0 Å². The van der Waals surface area contributed by atoms with Gasteiger partial charge >= 0.3 is 0 Å². The van der Waals surface area contributed by atoms with Crippen LogP contribution < -0.4 is 0 Å². The molecule has 0 spiro atoms. The number of aliphatic hydroxyl groups excluding tert-OH is 1. The van der Waals surface area contributed by atoms with E-state index in [2.05, 4.69) is 0 Å². The smallest absolute Gasteiger partial charge is 0.253 e. The van der Waals surface area contributed by atoms with E-state index in [0.717, 1.165) is 25.8 Å². The van der Waals surface area contributed by atoms with Gasteiger partial charge in [0.15, 0.2) is 0 Å². The first kappa shape index (κ1) is 14.0. The fraction of sp³-hybridized carbons (Fsp3) is 0.533. The number of hydrogen-bond donors (Lipinski definition) is 1. The highest BCUT2D eigenvalue weighted by Gasteiger charge is 2.24. The molecule has 1 amide bonds. The van der Waals surface area contributed by atoms with Crippen LogP contribution >= 0.6 is 0 Å². The van der Waals surface area contributed by atoms with Crippen molar-refractivity contribution in [3.8, 4) is 0 Å². The zero-order valence-electron chi connectivity index (χ0n) is 11.2. The molecule has 1 aromatic rings. The monoisotopic (exact) mass is 265 g/mol. The fourth-order valence-electron chi connectivity index (χ4n) is 2.63. The molecule has 1 aromatic carbocycles. The van der Waals surface area contributed by atoms with Gasteiger partial charge in [-0.05, 0) is 55.9 Å². The average molecular weight is 265 g/mol. The van der Waals surface area contributed by atoms with E-state index in [1.807, 2.05) is 4.90 Å². The molecule has 3 nitrogen and oxygen atoms in total. The molecule has 1 N–H and O–H groups in total. The lowest BCUT2D eigenvalue weighted by molar-refractivity contribution is 0.0653. The molecule has 1 aliphatic rings. The molecular weight excluding hydrogens is 245 g/mol. The number of hydrogen-bond acceptors (Lipinski definition) is 2. The first-order valence-electron chi connectivity index (χ1n) is 6.78. The molecule has 0 aromatic heterocycles. The minimum Gasteiger partial charge on any atom is -0.396 e. The summed E-state index contributed by atoms with van der Waals surface area (Å²) in [5.74, 6) is 0.0586. The fourth-order valence-corrected chi connectivity index (χ4v) is 2.63. The van der Waals surface area contributed by atoms with Gasteiger partial charge in [0, 0.05) is 25.3 Å². The average Bonchev–Trinajstić information content (AvgIpc) is 2.42. The van der Waals surface area contributed by atoms with Gasteiger partial charge in [-0.3, -0.25) is 4.79 Å². The second-order valence-corrected chi connectivity index (χ2v) is 5.24. The van der Waals surface area contributed by atoms with E-state index in [-0.39, 0.29) is 18.3 Å². The van der Waals surface area contributed by atoms with E-state index >= 15 is 0 Å². The highest BCUT2D eigenvalue weighted by molar-refractivity contribution is 5.94. The third kappa shape index (κ3) is 3.32. The SMILES string of the molecule is Cc1cc(C(=O)N2CCCC(CCO)C2)ccc1F. The molecule has 0 radical (unpaired) electrons. The van der Waals surface area contributed by atoms with E-state index in [0.29, 0.717) is 23.6 Å². The van der Waals surface area contributed by atoms with Gasteiger partial charge in [0.25, 0.3) is 5.91 Å². The Labute approximate surface area is 113 Å². The summed E-state index contributed by atoms with van der Waals surface area (Å²) < 4.78 is 13.2. The van der Waals surface area contributed by atoms with Crippen LogP contribution in [0.4, 0.5) is 4.39 Å². The summed E-state index contributed by atoms with van der Waals surface area (Å²) in [6, 6.07) is 4.49. The van der Waals surface area contributed by atoms with Crippen LogP contribution in [0.5, 0.6) is 0 Å². The maximum Gasteiger partial charge on any atom is 0.253 e. The highest BCUT2D eigenvalue weighted by Crippen LogP contribution is 2.21. The quantitative estimate of drug-likeness (QED) is 0.911. The zero-order chi connectivity index (χ0) is 13.8. The molecule has 1 unspecified atom stereocenters. The Bertz CT molecular complexity index is 459. The van der Waals surface area contributed by atoms with Crippen molar-refractivity contribution in [2.24, 2.45) is 5.92 Å². The summed E-state index contributed by atoms with van der Waals surface area (Å²) in [5, 5.41) is 8.98. The Morgan fingerprint density at radius 2 is 2.32 bits per heavy atom. The summed E-state index contributed by atoms with van der Waals surface area (Å²) in [6.45, 7) is 3.27. The van der Waals surface area contributed by atoms with E-state index in [4.69, 9.17) is 5.11 Å². The predicted molar refractivity (Wildman–Crippen MR) is 71.5 cm³/mol. The van der Waals surface area contributed by atoms with Gasteiger partial charge < -0.3 is 10.0 Å². The molecule has 1 aliphatic heterocycles. The van der Waals surface area contributed by atoms with Crippen LogP contribution in [-0.2, 0) is 0 Å². The molecule has 0 aliphatic carbocycles. The second-order valence-electron chi connectivity index (χ2n) is 5.24. The summed E-state index contributed by atoms with van der Waals surface area (Å²) in [4.78, 5) is 14.2. The Balaban J connectivity index is 2.08. The number of likely N-dealkylation sites (tertiary alicyclic amines) is 1. The van der Waals surface area contributed by atoms with Crippen LogP contribution in [-0.4, -0.2) is 35.6 Å². The van der Waals surface area contributed by atoms with Crippen molar-refractivity contribution in [2.75, 3.05) is 19.7 Å². The zero-order valence-corrected chi connectivity index (χ0v) is 11.2. The number of nitrogens with zero attached hydrogens (tertiary/aromatic N) is 1. The van der Waals surface area contributed by atoms with Gasteiger partial charge in [-0.25, -0.2) is 4.39 Å². The van der Waals surface area contributed by atoms with Crippen LogP contribution in [0.25, 0.3) is 0 Å². The number of halogens is 1. The molecule has 19 heavy (non-hydrogen) atoms. The minimum absolute atomic E-state index is 0.0364. The van der Waals surface area contributed by atoms with Crippen molar-refractivity contribution in [1.82, 2.24) is 4.90 Å². The number of piperidine rings is 1. The first-order valence-corrected chi connectivity index (χ1v) is 6.78. The summed E-state index contributed by atoms with van der Waals surface area (Å²) in [5.41, 5.74) is 1.04. The van der Waals surface area contributed by atoms with Crippen LogP contribution in [0.15, 0.2) is 18.2 Å². The Morgan fingerprint density at radius 3 is 3.00 bits per heavy atom. The first-order chi connectivity index (χ1) is 9.11. The number of carbonyl (C=O) groups is 1. The van der Waals surface area contributed by atoms with Crippen LogP contribution in [0.1, 0.15) is 35.2 Å². The molecule has 1 fully saturated rings. The standard InChI is InChI=1S/C15H20FNO2/c1-11-9-13(4-5-14(11)16)15(19)17-7-2-3-12(10-17)6-8-18/h4-5,9,12,18H,2-3,6-8,10H2,1H3. The lowest BCUT2D eigenvalue weighted by atomic mass is 9.94. The number of rotatable bonds is 3. The summed E-state index contributed by atoms with van der Waals surface area (Å²) in [6.07, 6.45) is 2.77. The van der Waals surface area contributed by atoms with Crippen LogP contribution in [0.3, 0.4) is 0 Å². The van der Waals surface area contributed by atoms with Crippen molar-refractivity contribution >= 4 is 5.91 Å². The lowest BCUT2D eigenvalue weighted by Gasteiger charge is -2.32. The van der Waals surface area contributed by atoms with Gasteiger partial charge in [-0.1, -0.05) is 0 Å². The number of carbonyl (C=O) groups excluding carboxylic acids is 1. The number of aryl methyl sites for hydroxylation is 1. The number of benzene rings is 1. The summed E-state index contributed by atoms with van der Waals surface area (Å²) >= 11 is 0. The molecule has 2 rings (SSSR count). The van der Waals surface area contributed by atoms with E-state index in [9.17, 15) is 9.18 Å². The molecule has 0 bridgehead atoms. The van der Waals surface area contributed by atoms with Gasteiger partial charge in [0.2, 0.25) is 0 Å². The molecule has 1 atom stereocenters. The largest absolute Gasteiger partial charge is 0.396 e. The van der Waals surface area contributed by atoms with Crippen molar-refractivity contribution in [2.45, 2.75) is 26.2 Å². The highest BCUT2D eigenvalue weighted by atomic mass is 19.1. The maximum absolute atomic E-state index is 13.2. The van der Waals surface area contributed by atoms with Crippen LogP contribution in [0, 0.1) is 18.7 Å². The van der Waals surface area contributed by atoms with Crippen molar-refractivity contribution < 1.29 is 14.3 Å². The molecule has 104 valence electrons. The topological polar surface area (TPSA) is 40.5 Å². The Kier molecular flexibility index (Phi) is 4.53. The van der Waals surface area contributed by atoms with Gasteiger partial charge in [-0.2, -0.15) is 0 Å². The molecular formula is C15H20FNO2. The predicted octanol–water partition coefficient (Wildman–Crippen LogP) is 2.37. The van der Waals surface area contributed by atoms with Gasteiger partial charge in [-0.15, -0.1) is 0 Å². The van der Waals surface area contributed by atoms with Gasteiger partial charge in [0.05, 0.1) is 0 Å². The van der Waals surface area contributed by atoms with Crippen molar-refractivity contribution in [3.05, 3.63) is 35.1 Å². The second kappa shape index (κ2) is 6.15. The normalized spacial score (nSPS) is 19.5. The van der Waals surface area contributed by atoms with Crippen LogP contribution in [0.2, 0.25) is 0 Å². The molecule has 4 heteroatoms. The number of amides is 1. The third-order valence-corrected chi connectivity index (χ3v) is 3.75. The lowest BCUT2D eigenvalue weighted by Crippen LogP contribution is -2.40. The van der Waals surface area contributed by atoms with E-state index in [1.165, 1.54) is 6.07 Å². The third-order valence-electron chi connectivity index (χ3n) is 3.75. The summed E-state index contributed by atoms with van der Waals surface area (Å²) in [7, 11) is 0. The molecule has 0 saturated carbocycles. The van der Waals surface area contributed by atoms with Crippen molar-refractivity contribution in [3.63, 3.8) is 0 Å². The van der Waals surface area contributed by atoms with Gasteiger partial charge in [0.1, 0.15) is 5.82 Å². The minimum atomic E-state index is -0.284. The molecule has 1 saturated heterocycles. The number of aliphatic hydroxyl groups is 1. The maximum atomic E-state index is 13.2. The van der Waals surface area contributed by atoms with E-state index < -0.39 is 0 Å². The van der Waals surface area contributed by atoms with E-state index in [1.54, 1.807) is 19.1 Å².